The SMILES string of the molecule is Cc1ccc(C(C(=O)N2CCN(C(=O)c3ccco3)CC2)N(C)C)cc1. The molecule has 1 aliphatic rings. The summed E-state index contributed by atoms with van der Waals surface area (Å²) in [4.78, 5) is 31.0. The van der Waals surface area contributed by atoms with Crippen molar-refractivity contribution in [2.45, 2.75) is 13.0 Å². The normalized spacial score (nSPS) is 16.0. The average molecular weight is 355 g/mol. The van der Waals surface area contributed by atoms with Crippen LogP contribution < -0.4 is 0 Å². The molecule has 6 nitrogen and oxygen atoms in total. The first-order chi connectivity index (χ1) is 12.5. The van der Waals surface area contributed by atoms with E-state index in [1.165, 1.54) is 11.8 Å². The van der Waals surface area contributed by atoms with Crippen molar-refractivity contribution in [3.63, 3.8) is 0 Å². The molecular formula is C20H25N3O3. The second-order valence-electron chi connectivity index (χ2n) is 6.87. The summed E-state index contributed by atoms with van der Waals surface area (Å²) in [5.74, 6) is 0.296. The summed E-state index contributed by atoms with van der Waals surface area (Å²) in [6.07, 6.45) is 1.50. The molecular weight excluding hydrogens is 330 g/mol. The Labute approximate surface area is 154 Å². The number of furan rings is 1. The van der Waals surface area contributed by atoms with E-state index in [0.29, 0.717) is 31.9 Å². The Kier molecular flexibility index (Phi) is 5.42. The number of carbonyl (C=O) groups is 2. The lowest BCUT2D eigenvalue weighted by Crippen LogP contribution is -2.52. The first kappa shape index (κ1) is 18.2. The Hall–Kier alpha value is -2.60. The Bertz CT molecular complexity index is 745. The van der Waals surface area contributed by atoms with E-state index in [1.807, 2.05) is 55.1 Å². The third-order valence-corrected chi connectivity index (χ3v) is 4.75. The molecule has 0 aliphatic carbocycles. The van der Waals surface area contributed by atoms with Gasteiger partial charge in [-0.15, -0.1) is 0 Å². The van der Waals surface area contributed by atoms with Gasteiger partial charge < -0.3 is 14.2 Å². The Balaban J connectivity index is 1.66. The summed E-state index contributed by atoms with van der Waals surface area (Å²) < 4.78 is 5.18. The van der Waals surface area contributed by atoms with E-state index in [1.54, 1.807) is 17.0 Å². The third-order valence-electron chi connectivity index (χ3n) is 4.75. The van der Waals surface area contributed by atoms with Crippen molar-refractivity contribution in [2.75, 3.05) is 40.3 Å². The molecule has 1 saturated heterocycles. The highest BCUT2D eigenvalue weighted by molar-refractivity contribution is 5.91. The highest BCUT2D eigenvalue weighted by Gasteiger charge is 2.31. The van der Waals surface area contributed by atoms with Crippen LogP contribution in [0.2, 0.25) is 0 Å². The summed E-state index contributed by atoms with van der Waals surface area (Å²) in [5, 5.41) is 0. The van der Waals surface area contributed by atoms with E-state index in [9.17, 15) is 9.59 Å². The van der Waals surface area contributed by atoms with Gasteiger partial charge in [-0.2, -0.15) is 0 Å². The number of nitrogens with zero attached hydrogens (tertiary/aromatic N) is 3. The molecule has 138 valence electrons. The second kappa shape index (κ2) is 7.74. The third kappa shape index (κ3) is 3.80. The molecule has 0 radical (unpaired) electrons. The number of likely N-dealkylation sites (N-methyl/N-ethyl adjacent to an activating group) is 1. The average Bonchev–Trinajstić information content (AvgIpc) is 3.17. The largest absolute Gasteiger partial charge is 0.459 e. The highest BCUT2D eigenvalue weighted by atomic mass is 16.3. The predicted octanol–water partition coefficient (Wildman–Crippen LogP) is 2.18. The van der Waals surface area contributed by atoms with Crippen LogP contribution in [0.4, 0.5) is 0 Å². The molecule has 0 spiro atoms. The van der Waals surface area contributed by atoms with Crippen molar-refractivity contribution in [1.29, 1.82) is 0 Å². The number of amides is 2. The van der Waals surface area contributed by atoms with Gasteiger partial charge in [0.1, 0.15) is 6.04 Å². The van der Waals surface area contributed by atoms with E-state index in [4.69, 9.17) is 4.42 Å². The van der Waals surface area contributed by atoms with Crippen LogP contribution in [0.1, 0.15) is 27.7 Å². The van der Waals surface area contributed by atoms with E-state index in [0.717, 1.165) is 5.56 Å². The molecule has 1 unspecified atom stereocenters. The van der Waals surface area contributed by atoms with Crippen LogP contribution in [0.3, 0.4) is 0 Å². The fraction of sp³-hybridized carbons (Fsp3) is 0.400. The monoisotopic (exact) mass is 355 g/mol. The lowest BCUT2D eigenvalue weighted by molar-refractivity contribution is -0.137. The van der Waals surface area contributed by atoms with Gasteiger partial charge in [-0.3, -0.25) is 14.5 Å². The van der Waals surface area contributed by atoms with Gasteiger partial charge in [0.2, 0.25) is 5.91 Å². The Morgan fingerprint density at radius 3 is 2.15 bits per heavy atom. The van der Waals surface area contributed by atoms with Gasteiger partial charge in [-0.05, 0) is 38.7 Å². The molecule has 3 rings (SSSR count). The van der Waals surface area contributed by atoms with Gasteiger partial charge >= 0.3 is 0 Å². The minimum atomic E-state index is -0.317. The van der Waals surface area contributed by atoms with E-state index in [-0.39, 0.29) is 17.9 Å². The topological polar surface area (TPSA) is 57.0 Å². The fourth-order valence-electron chi connectivity index (χ4n) is 3.27. The van der Waals surface area contributed by atoms with Crippen LogP contribution >= 0.6 is 0 Å². The molecule has 1 aromatic carbocycles. The van der Waals surface area contributed by atoms with Gasteiger partial charge in [0.25, 0.3) is 5.91 Å². The molecule has 6 heteroatoms. The number of aryl methyl sites for hydroxylation is 1. The van der Waals surface area contributed by atoms with Crippen molar-refractivity contribution in [2.24, 2.45) is 0 Å². The second-order valence-corrected chi connectivity index (χ2v) is 6.87. The lowest BCUT2D eigenvalue weighted by atomic mass is 10.0. The zero-order valence-corrected chi connectivity index (χ0v) is 15.5. The van der Waals surface area contributed by atoms with Crippen molar-refractivity contribution in [3.8, 4) is 0 Å². The number of piperazine rings is 1. The van der Waals surface area contributed by atoms with Gasteiger partial charge in [0.15, 0.2) is 5.76 Å². The van der Waals surface area contributed by atoms with Crippen molar-refractivity contribution < 1.29 is 14.0 Å². The van der Waals surface area contributed by atoms with Gasteiger partial charge in [0, 0.05) is 26.2 Å². The van der Waals surface area contributed by atoms with Crippen molar-refractivity contribution >= 4 is 11.8 Å². The Morgan fingerprint density at radius 2 is 1.62 bits per heavy atom. The van der Waals surface area contributed by atoms with Crippen molar-refractivity contribution in [1.82, 2.24) is 14.7 Å². The van der Waals surface area contributed by atoms with Crippen LogP contribution in [0.5, 0.6) is 0 Å². The van der Waals surface area contributed by atoms with Crippen molar-refractivity contribution in [3.05, 3.63) is 59.5 Å². The lowest BCUT2D eigenvalue weighted by Gasteiger charge is -2.37. The van der Waals surface area contributed by atoms with Gasteiger partial charge in [0.05, 0.1) is 6.26 Å². The number of benzene rings is 1. The molecule has 2 amide bonds. The van der Waals surface area contributed by atoms with Crippen LogP contribution in [-0.2, 0) is 4.79 Å². The Morgan fingerprint density at radius 1 is 1.00 bits per heavy atom. The summed E-state index contributed by atoms with van der Waals surface area (Å²) in [6.45, 7) is 4.12. The number of carbonyl (C=O) groups excluding carboxylic acids is 2. The maximum atomic E-state index is 13.1. The zero-order valence-electron chi connectivity index (χ0n) is 15.5. The summed E-state index contributed by atoms with van der Waals surface area (Å²) >= 11 is 0. The minimum absolute atomic E-state index is 0.0731. The van der Waals surface area contributed by atoms with Gasteiger partial charge in [-0.1, -0.05) is 29.8 Å². The quantitative estimate of drug-likeness (QED) is 0.843. The molecule has 2 aromatic rings. The van der Waals surface area contributed by atoms with Crippen LogP contribution in [-0.4, -0.2) is 66.8 Å². The molecule has 0 N–H and O–H groups in total. The predicted molar refractivity (Wildman–Crippen MR) is 98.8 cm³/mol. The first-order valence-electron chi connectivity index (χ1n) is 8.82. The zero-order chi connectivity index (χ0) is 18.7. The summed E-state index contributed by atoms with van der Waals surface area (Å²) in [5.41, 5.74) is 2.16. The maximum absolute atomic E-state index is 13.1. The number of rotatable bonds is 4. The standard InChI is InChI=1S/C20H25N3O3/c1-15-6-8-16(9-7-15)18(21(2)3)20(25)23-12-10-22(11-13-23)19(24)17-5-4-14-26-17/h4-9,14,18H,10-13H2,1-3H3. The molecule has 0 saturated carbocycles. The molecule has 1 aliphatic heterocycles. The minimum Gasteiger partial charge on any atom is -0.459 e. The van der Waals surface area contributed by atoms with E-state index in [2.05, 4.69) is 0 Å². The molecule has 26 heavy (non-hydrogen) atoms. The van der Waals surface area contributed by atoms with Crippen LogP contribution in [0, 0.1) is 6.92 Å². The maximum Gasteiger partial charge on any atom is 0.289 e. The molecule has 1 fully saturated rings. The van der Waals surface area contributed by atoms with Crippen LogP contribution in [0.25, 0.3) is 0 Å². The number of hydrogen-bond donors (Lipinski definition) is 0. The number of hydrogen-bond acceptors (Lipinski definition) is 4. The molecule has 1 atom stereocenters. The van der Waals surface area contributed by atoms with E-state index >= 15 is 0 Å². The molecule has 1 aromatic heterocycles. The fourth-order valence-corrected chi connectivity index (χ4v) is 3.27. The molecule has 2 heterocycles. The highest BCUT2D eigenvalue weighted by Crippen LogP contribution is 2.22. The summed E-state index contributed by atoms with van der Waals surface area (Å²) in [6, 6.07) is 11.1. The van der Waals surface area contributed by atoms with Crippen LogP contribution in [0.15, 0.2) is 47.1 Å². The van der Waals surface area contributed by atoms with Gasteiger partial charge in [-0.25, -0.2) is 0 Å². The van der Waals surface area contributed by atoms with E-state index < -0.39 is 0 Å². The smallest absolute Gasteiger partial charge is 0.289 e. The summed E-state index contributed by atoms with van der Waals surface area (Å²) in [7, 11) is 3.83. The molecule has 0 bridgehead atoms. The first-order valence-corrected chi connectivity index (χ1v) is 8.82.